The molecule has 2 atom stereocenters. The Bertz CT molecular complexity index is 419. The van der Waals surface area contributed by atoms with Crippen molar-refractivity contribution in [3.63, 3.8) is 0 Å². The van der Waals surface area contributed by atoms with E-state index in [1.165, 1.54) is 5.57 Å². The van der Waals surface area contributed by atoms with Gasteiger partial charge in [0.25, 0.3) is 5.09 Å². The minimum absolute atomic E-state index is 0.0839. The third kappa shape index (κ3) is 3.08. The summed E-state index contributed by atoms with van der Waals surface area (Å²) in [6.45, 7) is 7.37. The molecule has 0 aromatic carbocycles. The first-order valence-electron chi connectivity index (χ1n) is 6.86. The smallest absolute Gasteiger partial charge is 0.294 e. The average molecular weight is 268 g/mol. The molecule has 0 amide bonds. The van der Waals surface area contributed by atoms with E-state index in [1.807, 2.05) is 6.92 Å². The summed E-state index contributed by atoms with van der Waals surface area (Å²) in [6, 6.07) is 0. The van der Waals surface area contributed by atoms with E-state index in [2.05, 4.69) is 24.8 Å². The molecule has 2 rings (SSSR count). The third-order valence-electron chi connectivity index (χ3n) is 4.43. The molecule has 0 saturated heterocycles. The third-order valence-corrected chi connectivity index (χ3v) is 4.43. The van der Waals surface area contributed by atoms with Crippen LogP contribution in [0.5, 0.6) is 0 Å². The summed E-state index contributed by atoms with van der Waals surface area (Å²) in [7, 11) is 0. The van der Waals surface area contributed by atoms with Crippen LogP contribution in [0.1, 0.15) is 46.5 Å². The van der Waals surface area contributed by atoms with Crippen LogP contribution in [0.2, 0.25) is 0 Å². The molecule has 2 aliphatic rings. The average Bonchev–Trinajstić information content (AvgIpc) is 2.23. The zero-order valence-electron chi connectivity index (χ0n) is 12.1. The standard InChI is InChI=1S/C14H24N2O3/c1-12(2)4-11-5-13(3,10-19-16(17)18)8-14(6-11,7-12)9-15/h5H,4,6-10,15H2,1-3H3. The summed E-state index contributed by atoms with van der Waals surface area (Å²) in [5.41, 5.74) is 7.52. The van der Waals surface area contributed by atoms with E-state index in [-0.39, 0.29) is 22.9 Å². The number of hydrogen-bond acceptors (Lipinski definition) is 4. The monoisotopic (exact) mass is 268 g/mol. The van der Waals surface area contributed by atoms with Gasteiger partial charge in [-0.25, -0.2) is 0 Å². The second kappa shape index (κ2) is 4.47. The van der Waals surface area contributed by atoms with Crippen molar-refractivity contribution in [3.8, 4) is 0 Å². The highest BCUT2D eigenvalue weighted by molar-refractivity contribution is 5.23. The van der Waals surface area contributed by atoms with Crippen LogP contribution in [0.3, 0.4) is 0 Å². The lowest BCUT2D eigenvalue weighted by Gasteiger charge is -2.52. The minimum atomic E-state index is -0.701. The van der Waals surface area contributed by atoms with Gasteiger partial charge in [-0.1, -0.05) is 32.4 Å². The Morgan fingerprint density at radius 1 is 1.37 bits per heavy atom. The zero-order chi connectivity index (χ0) is 14.3. The van der Waals surface area contributed by atoms with E-state index in [1.54, 1.807) is 0 Å². The van der Waals surface area contributed by atoms with Crippen molar-refractivity contribution in [2.75, 3.05) is 13.2 Å². The maximum atomic E-state index is 10.4. The van der Waals surface area contributed by atoms with Gasteiger partial charge >= 0.3 is 0 Å². The molecule has 2 aliphatic carbocycles. The fourth-order valence-electron chi connectivity index (χ4n) is 4.44. The second-order valence-electron chi connectivity index (χ2n) is 7.53. The van der Waals surface area contributed by atoms with Crippen LogP contribution in [-0.2, 0) is 4.84 Å². The first-order chi connectivity index (χ1) is 8.68. The first kappa shape index (κ1) is 14.3. The molecular weight excluding hydrogens is 244 g/mol. The van der Waals surface area contributed by atoms with E-state index in [4.69, 9.17) is 5.73 Å². The molecule has 2 bridgehead atoms. The second-order valence-corrected chi connectivity index (χ2v) is 7.53. The van der Waals surface area contributed by atoms with Crippen LogP contribution in [0, 0.1) is 26.4 Å². The minimum Gasteiger partial charge on any atom is -0.330 e. The highest BCUT2D eigenvalue weighted by Gasteiger charge is 2.48. The van der Waals surface area contributed by atoms with Crippen LogP contribution < -0.4 is 5.73 Å². The van der Waals surface area contributed by atoms with Crippen molar-refractivity contribution in [2.24, 2.45) is 22.0 Å². The maximum absolute atomic E-state index is 10.4. The molecule has 2 unspecified atom stereocenters. The predicted octanol–water partition coefficient (Wildman–Crippen LogP) is 2.69. The van der Waals surface area contributed by atoms with E-state index in [0.29, 0.717) is 6.54 Å². The molecule has 5 heteroatoms. The summed E-state index contributed by atoms with van der Waals surface area (Å²) in [6.07, 6.45) is 6.26. The summed E-state index contributed by atoms with van der Waals surface area (Å²) in [4.78, 5) is 15.0. The number of allylic oxidation sites excluding steroid dienone is 1. The van der Waals surface area contributed by atoms with E-state index >= 15 is 0 Å². The molecule has 0 aliphatic heterocycles. The molecule has 0 radical (unpaired) electrons. The van der Waals surface area contributed by atoms with Gasteiger partial charge in [0.1, 0.15) is 6.61 Å². The van der Waals surface area contributed by atoms with Gasteiger partial charge in [0.15, 0.2) is 0 Å². The first-order valence-corrected chi connectivity index (χ1v) is 6.86. The molecule has 0 spiro atoms. The van der Waals surface area contributed by atoms with Crippen LogP contribution in [-0.4, -0.2) is 18.2 Å². The van der Waals surface area contributed by atoms with E-state index < -0.39 is 5.09 Å². The lowest BCUT2D eigenvalue weighted by Crippen LogP contribution is -2.47. The van der Waals surface area contributed by atoms with Crippen molar-refractivity contribution in [3.05, 3.63) is 21.8 Å². The SMILES string of the molecule is CC1(C)CC2=CC(C)(CO[N+](=O)[O-])CC(CN)(C2)C1. The van der Waals surface area contributed by atoms with Crippen LogP contribution in [0.4, 0.5) is 0 Å². The summed E-state index contributed by atoms with van der Waals surface area (Å²) < 4.78 is 0. The van der Waals surface area contributed by atoms with Crippen LogP contribution in [0.15, 0.2) is 11.6 Å². The van der Waals surface area contributed by atoms with Gasteiger partial charge in [-0.05, 0) is 43.1 Å². The molecule has 19 heavy (non-hydrogen) atoms. The Balaban J connectivity index is 2.25. The Kier molecular flexibility index (Phi) is 3.37. The number of rotatable bonds is 4. The van der Waals surface area contributed by atoms with Gasteiger partial charge in [0.05, 0.1) is 0 Å². The van der Waals surface area contributed by atoms with Crippen LogP contribution >= 0.6 is 0 Å². The summed E-state index contributed by atoms with van der Waals surface area (Å²) >= 11 is 0. The molecule has 108 valence electrons. The largest absolute Gasteiger partial charge is 0.330 e. The van der Waals surface area contributed by atoms with Gasteiger partial charge < -0.3 is 10.6 Å². The van der Waals surface area contributed by atoms with Crippen molar-refractivity contribution >= 4 is 0 Å². The van der Waals surface area contributed by atoms with Gasteiger partial charge in [-0.15, -0.1) is 10.1 Å². The quantitative estimate of drug-likeness (QED) is 0.483. The zero-order valence-corrected chi connectivity index (χ0v) is 12.1. The van der Waals surface area contributed by atoms with Crippen molar-refractivity contribution in [1.82, 2.24) is 0 Å². The van der Waals surface area contributed by atoms with Crippen molar-refractivity contribution in [2.45, 2.75) is 46.5 Å². The number of nitrogens with zero attached hydrogens (tertiary/aromatic N) is 1. The Hall–Kier alpha value is -1.10. The fourth-order valence-corrected chi connectivity index (χ4v) is 4.44. The lowest BCUT2D eigenvalue weighted by molar-refractivity contribution is -0.760. The van der Waals surface area contributed by atoms with E-state index in [0.717, 1.165) is 25.7 Å². The number of nitrogens with two attached hydrogens (primary N) is 1. The molecule has 0 aromatic heterocycles. The number of fused-ring (bicyclic) bond motifs is 2. The summed E-state index contributed by atoms with van der Waals surface area (Å²) in [5.74, 6) is 0. The van der Waals surface area contributed by atoms with Gasteiger partial charge in [-0.3, -0.25) is 0 Å². The Morgan fingerprint density at radius 3 is 2.63 bits per heavy atom. The topological polar surface area (TPSA) is 78.4 Å². The maximum Gasteiger partial charge on any atom is 0.294 e. The van der Waals surface area contributed by atoms with Crippen LogP contribution in [0.25, 0.3) is 0 Å². The molecule has 0 aromatic rings. The highest BCUT2D eigenvalue weighted by Crippen LogP contribution is 2.57. The fraction of sp³-hybridized carbons (Fsp3) is 0.857. The molecule has 5 nitrogen and oxygen atoms in total. The highest BCUT2D eigenvalue weighted by atomic mass is 16.9. The summed E-state index contributed by atoms with van der Waals surface area (Å²) in [5, 5.41) is 9.72. The Morgan fingerprint density at radius 2 is 2.05 bits per heavy atom. The lowest BCUT2D eigenvalue weighted by atomic mass is 9.53. The molecule has 1 fully saturated rings. The van der Waals surface area contributed by atoms with Gasteiger partial charge in [0.2, 0.25) is 0 Å². The normalized spacial score (nSPS) is 36.5. The van der Waals surface area contributed by atoms with Crippen molar-refractivity contribution in [1.29, 1.82) is 0 Å². The molecule has 2 N–H and O–H groups in total. The van der Waals surface area contributed by atoms with Gasteiger partial charge in [-0.2, -0.15) is 0 Å². The van der Waals surface area contributed by atoms with Crippen molar-refractivity contribution < 1.29 is 9.92 Å². The molecular formula is C14H24N2O3. The number of hydrogen-bond donors (Lipinski definition) is 1. The Labute approximate surface area is 114 Å². The van der Waals surface area contributed by atoms with Gasteiger partial charge in [0, 0.05) is 5.41 Å². The molecule has 0 heterocycles. The predicted molar refractivity (Wildman–Crippen MR) is 72.9 cm³/mol. The van der Waals surface area contributed by atoms with E-state index in [9.17, 15) is 10.1 Å². The molecule has 1 saturated carbocycles.